The summed E-state index contributed by atoms with van der Waals surface area (Å²) in [5.41, 5.74) is 0.716. The Balaban J connectivity index is 1.69. The first kappa shape index (κ1) is 15.9. The largest absolute Gasteiger partial charge is 0.336 e. The summed E-state index contributed by atoms with van der Waals surface area (Å²) in [6.45, 7) is 5.79. The first-order valence-electron chi connectivity index (χ1n) is 7.50. The molecule has 1 atom stereocenters. The number of amides is 1. The van der Waals surface area contributed by atoms with E-state index >= 15 is 0 Å². The maximum absolute atomic E-state index is 12.3. The highest BCUT2D eigenvalue weighted by Crippen LogP contribution is 2.41. The SMILES string of the molecule is CCS(=O)(=O)N1CC[C@]2(CC(=O)N(Cc3csc(C)n3)C2)C1. The van der Waals surface area contributed by atoms with Crippen LogP contribution < -0.4 is 0 Å². The van der Waals surface area contributed by atoms with Gasteiger partial charge in [0.25, 0.3) is 0 Å². The second kappa shape index (κ2) is 5.58. The van der Waals surface area contributed by atoms with E-state index in [0.29, 0.717) is 32.6 Å². The zero-order valence-electron chi connectivity index (χ0n) is 12.9. The Kier molecular flexibility index (Phi) is 4.03. The molecule has 8 heteroatoms. The summed E-state index contributed by atoms with van der Waals surface area (Å²) in [5.74, 6) is 0.236. The Morgan fingerprint density at radius 3 is 2.82 bits per heavy atom. The van der Waals surface area contributed by atoms with Crippen LogP contribution in [-0.4, -0.2) is 53.9 Å². The predicted octanol–water partition coefficient (Wildman–Crippen LogP) is 1.23. The van der Waals surface area contributed by atoms with E-state index in [2.05, 4.69) is 4.98 Å². The molecule has 1 aromatic heterocycles. The van der Waals surface area contributed by atoms with Crippen molar-refractivity contribution in [3.8, 4) is 0 Å². The van der Waals surface area contributed by atoms with E-state index in [1.807, 2.05) is 17.2 Å². The second-order valence-electron chi connectivity index (χ2n) is 6.27. The number of rotatable bonds is 4. The molecule has 0 aliphatic carbocycles. The van der Waals surface area contributed by atoms with Crippen LogP contribution in [0.1, 0.15) is 30.5 Å². The fourth-order valence-corrected chi connectivity index (χ4v) is 5.20. The van der Waals surface area contributed by atoms with E-state index in [0.717, 1.165) is 17.1 Å². The van der Waals surface area contributed by atoms with Crippen molar-refractivity contribution in [2.24, 2.45) is 5.41 Å². The minimum absolute atomic E-state index is 0.112. The average Bonchev–Trinajstić information content (AvgIpc) is 3.13. The molecule has 22 heavy (non-hydrogen) atoms. The minimum atomic E-state index is -3.16. The fraction of sp³-hybridized carbons (Fsp3) is 0.714. The zero-order chi connectivity index (χ0) is 16.0. The summed E-state index contributed by atoms with van der Waals surface area (Å²) in [5, 5.41) is 2.98. The van der Waals surface area contributed by atoms with Gasteiger partial charge in [-0.25, -0.2) is 17.7 Å². The Hall–Kier alpha value is -0.990. The van der Waals surface area contributed by atoms with Crippen molar-refractivity contribution in [1.29, 1.82) is 0 Å². The quantitative estimate of drug-likeness (QED) is 0.824. The van der Waals surface area contributed by atoms with Crippen LogP contribution in [0.5, 0.6) is 0 Å². The summed E-state index contributed by atoms with van der Waals surface area (Å²) in [4.78, 5) is 18.5. The van der Waals surface area contributed by atoms with Crippen molar-refractivity contribution in [2.45, 2.75) is 33.2 Å². The zero-order valence-corrected chi connectivity index (χ0v) is 14.5. The van der Waals surface area contributed by atoms with Gasteiger partial charge in [-0.1, -0.05) is 0 Å². The van der Waals surface area contributed by atoms with E-state index in [-0.39, 0.29) is 17.1 Å². The molecule has 1 spiro atoms. The number of aryl methyl sites for hydroxylation is 1. The number of hydrogen-bond donors (Lipinski definition) is 0. The van der Waals surface area contributed by atoms with Gasteiger partial charge < -0.3 is 4.90 Å². The lowest BCUT2D eigenvalue weighted by molar-refractivity contribution is -0.128. The fourth-order valence-electron chi connectivity index (χ4n) is 3.39. The molecule has 2 saturated heterocycles. The number of likely N-dealkylation sites (tertiary alicyclic amines) is 1. The Morgan fingerprint density at radius 2 is 2.18 bits per heavy atom. The molecule has 2 aliphatic rings. The molecule has 3 heterocycles. The Labute approximate surface area is 135 Å². The molecule has 0 radical (unpaired) electrons. The summed E-state index contributed by atoms with van der Waals surface area (Å²) in [7, 11) is -3.16. The molecule has 0 aromatic carbocycles. The van der Waals surface area contributed by atoms with E-state index in [1.165, 1.54) is 0 Å². The second-order valence-corrected chi connectivity index (χ2v) is 9.59. The normalized spacial score (nSPS) is 26.5. The molecule has 122 valence electrons. The van der Waals surface area contributed by atoms with E-state index in [1.54, 1.807) is 22.6 Å². The highest BCUT2D eigenvalue weighted by atomic mass is 32.2. The lowest BCUT2D eigenvalue weighted by atomic mass is 9.86. The van der Waals surface area contributed by atoms with Crippen LogP contribution in [0, 0.1) is 12.3 Å². The van der Waals surface area contributed by atoms with Crippen LogP contribution in [0.4, 0.5) is 0 Å². The number of sulfonamides is 1. The number of nitrogens with zero attached hydrogens (tertiary/aromatic N) is 3. The van der Waals surface area contributed by atoms with Gasteiger partial charge in [0, 0.05) is 36.9 Å². The molecular weight excluding hydrogens is 322 g/mol. The van der Waals surface area contributed by atoms with Gasteiger partial charge in [0.2, 0.25) is 15.9 Å². The number of carbonyl (C=O) groups is 1. The highest BCUT2D eigenvalue weighted by molar-refractivity contribution is 7.89. The van der Waals surface area contributed by atoms with Crippen LogP contribution in [0.2, 0.25) is 0 Å². The lowest BCUT2D eigenvalue weighted by Crippen LogP contribution is -2.34. The number of carbonyl (C=O) groups excluding carboxylic acids is 1. The summed E-state index contributed by atoms with van der Waals surface area (Å²) in [6.07, 6.45) is 1.22. The van der Waals surface area contributed by atoms with Crippen molar-refractivity contribution in [2.75, 3.05) is 25.4 Å². The van der Waals surface area contributed by atoms with Crippen molar-refractivity contribution >= 4 is 27.3 Å². The maximum Gasteiger partial charge on any atom is 0.223 e. The van der Waals surface area contributed by atoms with Crippen molar-refractivity contribution < 1.29 is 13.2 Å². The monoisotopic (exact) mass is 343 g/mol. The number of hydrogen-bond acceptors (Lipinski definition) is 5. The molecule has 1 amide bonds. The third kappa shape index (κ3) is 2.91. The molecule has 0 bridgehead atoms. The van der Waals surface area contributed by atoms with Crippen LogP contribution in [0.15, 0.2) is 5.38 Å². The van der Waals surface area contributed by atoms with Gasteiger partial charge in [0.15, 0.2) is 0 Å². The van der Waals surface area contributed by atoms with Gasteiger partial charge in [-0.05, 0) is 20.3 Å². The highest BCUT2D eigenvalue weighted by Gasteiger charge is 2.49. The van der Waals surface area contributed by atoms with Crippen molar-refractivity contribution in [3.05, 3.63) is 16.1 Å². The molecule has 2 fully saturated rings. The van der Waals surface area contributed by atoms with Gasteiger partial charge in [-0.15, -0.1) is 11.3 Å². The topological polar surface area (TPSA) is 70.6 Å². The van der Waals surface area contributed by atoms with E-state index < -0.39 is 10.0 Å². The molecule has 0 unspecified atom stereocenters. The first-order chi connectivity index (χ1) is 10.3. The number of aromatic nitrogens is 1. The van der Waals surface area contributed by atoms with Crippen LogP contribution in [0.3, 0.4) is 0 Å². The van der Waals surface area contributed by atoms with Gasteiger partial charge in [0.1, 0.15) is 0 Å². The molecular formula is C14H21N3O3S2. The standard InChI is InChI=1S/C14H21N3O3S2/c1-3-22(19,20)17-5-4-14(10-17)6-13(18)16(9-14)7-12-8-21-11(2)15-12/h8H,3-7,9-10H2,1-2H3/t14-/m1/s1. The number of thiazole rings is 1. The summed E-state index contributed by atoms with van der Waals surface area (Å²) >= 11 is 1.58. The Morgan fingerprint density at radius 1 is 1.41 bits per heavy atom. The summed E-state index contributed by atoms with van der Waals surface area (Å²) in [6, 6.07) is 0. The molecule has 2 aliphatic heterocycles. The van der Waals surface area contributed by atoms with Gasteiger partial charge >= 0.3 is 0 Å². The lowest BCUT2D eigenvalue weighted by Gasteiger charge is -2.23. The van der Waals surface area contributed by atoms with Gasteiger partial charge in [-0.3, -0.25) is 4.79 Å². The molecule has 0 saturated carbocycles. The van der Waals surface area contributed by atoms with E-state index in [4.69, 9.17) is 0 Å². The third-order valence-electron chi connectivity index (χ3n) is 4.59. The smallest absolute Gasteiger partial charge is 0.223 e. The maximum atomic E-state index is 12.3. The van der Waals surface area contributed by atoms with Gasteiger partial charge in [0.05, 0.1) is 23.0 Å². The predicted molar refractivity (Wildman–Crippen MR) is 85.0 cm³/mol. The third-order valence-corrected chi connectivity index (χ3v) is 7.24. The molecule has 0 N–H and O–H groups in total. The minimum Gasteiger partial charge on any atom is -0.336 e. The van der Waals surface area contributed by atoms with Gasteiger partial charge in [-0.2, -0.15) is 0 Å². The molecule has 6 nitrogen and oxygen atoms in total. The van der Waals surface area contributed by atoms with Crippen molar-refractivity contribution in [1.82, 2.24) is 14.2 Å². The summed E-state index contributed by atoms with van der Waals surface area (Å²) < 4.78 is 25.6. The van der Waals surface area contributed by atoms with Crippen molar-refractivity contribution in [3.63, 3.8) is 0 Å². The Bertz CT molecular complexity index is 685. The molecule has 3 rings (SSSR count). The van der Waals surface area contributed by atoms with E-state index in [9.17, 15) is 13.2 Å². The first-order valence-corrected chi connectivity index (χ1v) is 9.99. The van der Waals surface area contributed by atoms with Crippen LogP contribution >= 0.6 is 11.3 Å². The average molecular weight is 343 g/mol. The van der Waals surface area contributed by atoms with Crippen LogP contribution in [0.25, 0.3) is 0 Å². The van der Waals surface area contributed by atoms with Crippen LogP contribution in [-0.2, 0) is 21.4 Å². The molecule has 1 aromatic rings.